The maximum absolute atomic E-state index is 12.2. The molecule has 0 aromatic heterocycles. The summed E-state index contributed by atoms with van der Waals surface area (Å²) in [4.78, 5) is 12.2. The summed E-state index contributed by atoms with van der Waals surface area (Å²) >= 11 is 0. The highest BCUT2D eigenvalue weighted by atomic mass is 16.5. The van der Waals surface area contributed by atoms with E-state index in [1.54, 1.807) is 7.11 Å². The Kier molecular flexibility index (Phi) is 5.62. The quantitative estimate of drug-likeness (QED) is 0.907. The lowest BCUT2D eigenvalue weighted by Gasteiger charge is -2.31. The van der Waals surface area contributed by atoms with Crippen molar-refractivity contribution in [3.63, 3.8) is 0 Å². The Labute approximate surface area is 126 Å². The van der Waals surface area contributed by atoms with E-state index in [1.165, 1.54) is 0 Å². The Hall–Kier alpha value is -1.55. The topological polar surface area (TPSA) is 47.6 Å². The van der Waals surface area contributed by atoms with E-state index in [-0.39, 0.29) is 24.0 Å². The van der Waals surface area contributed by atoms with Gasteiger partial charge in [0.15, 0.2) is 0 Å². The maximum Gasteiger partial charge on any atom is 0.223 e. The second kappa shape index (κ2) is 7.46. The van der Waals surface area contributed by atoms with Gasteiger partial charge in [0.1, 0.15) is 5.75 Å². The van der Waals surface area contributed by atoms with Crippen molar-refractivity contribution in [2.45, 2.75) is 45.3 Å². The zero-order chi connectivity index (χ0) is 15.2. The predicted octanol–water partition coefficient (Wildman–Crippen LogP) is 2.56. The Morgan fingerprint density at radius 1 is 1.29 bits per heavy atom. The molecule has 4 heteroatoms. The van der Waals surface area contributed by atoms with Crippen LogP contribution in [0.3, 0.4) is 0 Å². The Balaban J connectivity index is 1.81. The number of para-hydroxylation sites is 1. The van der Waals surface area contributed by atoms with E-state index in [9.17, 15) is 4.79 Å². The van der Waals surface area contributed by atoms with E-state index < -0.39 is 0 Å². The predicted molar refractivity (Wildman–Crippen MR) is 82.4 cm³/mol. The third kappa shape index (κ3) is 4.46. The highest BCUT2D eigenvalue weighted by Crippen LogP contribution is 2.24. The summed E-state index contributed by atoms with van der Waals surface area (Å²) in [6, 6.07) is 7.91. The second-order valence-electron chi connectivity index (χ2n) is 5.78. The van der Waals surface area contributed by atoms with Crippen molar-refractivity contribution < 1.29 is 14.3 Å². The van der Waals surface area contributed by atoms with Gasteiger partial charge in [0.2, 0.25) is 5.91 Å². The summed E-state index contributed by atoms with van der Waals surface area (Å²) in [5.41, 5.74) is 1.12. The molecule has 2 unspecified atom stereocenters. The normalized spacial score (nSPS) is 25.4. The number of carbonyl (C=O) groups is 1. The first-order valence-corrected chi connectivity index (χ1v) is 7.65. The number of benzene rings is 1. The standard InChI is InChI=1S/C17H25NO3/c1-12-10-15(11-13(2)21-12)17(19)18-9-8-14-6-4-5-7-16(14)20-3/h4-7,12-13,15H,8-11H2,1-3H3,(H,18,19). The molecule has 1 aliphatic rings. The average Bonchev–Trinajstić information content (AvgIpc) is 2.46. The van der Waals surface area contributed by atoms with Crippen molar-refractivity contribution in [1.82, 2.24) is 5.32 Å². The van der Waals surface area contributed by atoms with Crippen LogP contribution in [0.2, 0.25) is 0 Å². The SMILES string of the molecule is COc1ccccc1CCNC(=O)C1CC(C)OC(C)C1. The third-order valence-corrected chi connectivity index (χ3v) is 3.95. The molecule has 1 aromatic rings. The summed E-state index contributed by atoms with van der Waals surface area (Å²) in [5, 5.41) is 3.04. The van der Waals surface area contributed by atoms with Crippen molar-refractivity contribution in [2.24, 2.45) is 5.92 Å². The fourth-order valence-electron chi connectivity index (χ4n) is 2.99. The molecule has 0 radical (unpaired) electrons. The number of methoxy groups -OCH3 is 1. The highest BCUT2D eigenvalue weighted by molar-refractivity contribution is 5.78. The molecule has 0 spiro atoms. The van der Waals surface area contributed by atoms with Crippen LogP contribution >= 0.6 is 0 Å². The minimum absolute atomic E-state index is 0.0708. The monoisotopic (exact) mass is 291 g/mol. The van der Waals surface area contributed by atoms with Crippen molar-refractivity contribution in [1.29, 1.82) is 0 Å². The first-order chi connectivity index (χ1) is 10.1. The van der Waals surface area contributed by atoms with Crippen molar-refractivity contribution in [3.05, 3.63) is 29.8 Å². The van der Waals surface area contributed by atoms with Gasteiger partial charge >= 0.3 is 0 Å². The van der Waals surface area contributed by atoms with Gasteiger partial charge in [-0.2, -0.15) is 0 Å². The molecule has 2 rings (SSSR count). The number of carbonyl (C=O) groups excluding carboxylic acids is 1. The van der Waals surface area contributed by atoms with Crippen LogP contribution in [0.5, 0.6) is 5.75 Å². The fourth-order valence-corrected chi connectivity index (χ4v) is 2.99. The molecular weight excluding hydrogens is 266 g/mol. The van der Waals surface area contributed by atoms with Gasteiger partial charge in [0.25, 0.3) is 0 Å². The third-order valence-electron chi connectivity index (χ3n) is 3.95. The van der Waals surface area contributed by atoms with Gasteiger partial charge in [0.05, 0.1) is 19.3 Å². The van der Waals surface area contributed by atoms with Crippen LogP contribution in [0.15, 0.2) is 24.3 Å². The number of nitrogens with one attached hydrogen (secondary N) is 1. The van der Waals surface area contributed by atoms with E-state index in [4.69, 9.17) is 9.47 Å². The molecule has 1 amide bonds. The number of amides is 1. The smallest absolute Gasteiger partial charge is 0.223 e. The Bertz CT molecular complexity index is 465. The number of hydrogen-bond acceptors (Lipinski definition) is 3. The van der Waals surface area contributed by atoms with E-state index >= 15 is 0 Å². The molecule has 0 saturated carbocycles. The van der Waals surface area contributed by atoms with Gasteiger partial charge in [-0.15, -0.1) is 0 Å². The van der Waals surface area contributed by atoms with Gasteiger partial charge in [-0.3, -0.25) is 4.79 Å². The van der Waals surface area contributed by atoms with Crippen molar-refractivity contribution in [2.75, 3.05) is 13.7 Å². The van der Waals surface area contributed by atoms with Gasteiger partial charge in [-0.25, -0.2) is 0 Å². The molecule has 1 heterocycles. The molecule has 2 atom stereocenters. The van der Waals surface area contributed by atoms with Gasteiger partial charge in [-0.05, 0) is 44.7 Å². The molecule has 21 heavy (non-hydrogen) atoms. The lowest BCUT2D eigenvalue weighted by molar-refractivity contribution is -0.133. The molecule has 4 nitrogen and oxygen atoms in total. The van der Waals surface area contributed by atoms with Crippen molar-refractivity contribution >= 4 is 5.91 Å². The van der Waals surface area contributed by atoms with E-state index in [2.05, 4.69) is 5.32 Å². The Morgan fingerprint density at radius 2 is 1.95 bits per heavy atom. The van der Waals surface area contributed by atoms with Crippen LogP contribution < -0.4 is 10.1 Å². The van der Waals surface area contributed by atoms with Crippen LogP contribution in [0, 0.1) is 5.92 Å². The molecule has 1 saturated heterocycles. The molecule has 1 N–H and O–H groups in total. The molecule has 0 bridgehead atoms. The van der Waals surface area contributed by atoms with Gasteiger partial charge in [-0.1, -0.05) is 18.2 Å². The highest BCUT2D eigenvalue weighted by Gasteiger charge is 2.29. The average molecular weight is 291 g/mol. The lowest BCUT2D eigenvalue weighted by Crippen LogP contribution is -2.39. The molecule has 1 aromatic carbocycles. The summed E-state index contributed by atoms with van der Waals surface area (Å²) in [6.07, 6.45) is 2.73. The first kappa shape index (κ1) is 15.8. The van der Waals surface area contributed by atoms with E-state index in [1.807, 2.05) is 38.1 Å². The molecular formula is C17H25NO3. The molecule has 116 valence electrons. The molecule has 0 aliphatic carbocycles. The largest absolute Gasteiger partial charge is 0.496 e. The zero-order valence-electron chi connectivity index (χ0n) is 13.1. The first-order valence-electron chi connectivity index (χ1n) is 7.65. The number of ether oxygens (including phenoxy) is 2. The number of rotatable bonds is 5. The van der Waals surface area contributed by atoms with Gasteiger partial charge < -0.3 is 14.8 Å². The minimum atomic E-state index is 0.0708. The van der Waals surface area contributed by atoms with Crippen LogP contribution in [0.25, 0.3) is 0 Å². The van der Waals surface area contributed by atoms with E-state index in [0.29, 0.717) is 6.54 Å². The fraction of sp³-hybridized carbons (Fsp3) is 0.588. The molecule has 1 fully saturated rings. The summed E-state index contributed by atoms with van der Waals surface area (Å²) in [7, 11) is 1.67. The summed E-state index contributed by atoms with van der Waals surface area (Å²) in [6.45, 7) is 4.70. The second-order valence-corrected chi connectivity index (χ2v) is 5.78. The van der Waals surface area contributed by atoms with Crippen LogP contribution in [0.4, 0.5) is 0 Å². The number of hydrogen-bond donors (Lipinski definition) is 1. The Morgan fingerprint density at radius 3 is 2.62 bits per heavy atom. The zero-order valence-corrected chi connectivity index (χ0v) is 13.1. The van der Waals surface area contributed by atoms with E-state index in [0.717, 1.165) is 30.6 Å². The molecule has 1 aliphatic heterocycles. The van der Waals surface area contributed by atoms with Crippen LogP contribution in [0.1, 0.15) is 32.3 Å². The van der Waals surface area contributed by atoms with Gasteiger partial charge in [0, 0.05) is 12.5 Å². The minimum Gasteiger partial charge on any atom is -0.496 e. The van der Waals surface area contributed by atoms with Crippen LogP contribution in [-0.4, -0.2) is 31.8 Å². The van der Waals surface area contributed by atoms with Crippen LogP contribution in [-0.2, 0) is 16.0 Å². The summed E-state index contributed by atoms with van der Waals surface area (Å²) in [5.74, 6) is 1.09. The lowest BCUT2D eigenvalue weighted by atomic mass is 9.92. The van der Waals surface area contributed by atoms with Crippen molar-refractivity contribution in [3.8, 4) is 5.75 Å². The maximum atomic E-state index is 12.2. The summed E-state index contributed by atoms with van der Waals surface area (Å²) < 4.78 is 11.0.